The van der Waals surface area contributed by atoms with Crippen LogP contribution in [0.1, 0.15) is 19.6 Å². The maximum atomic E-state index is 9.68. The predicted molar refractivity (Wildman–Crippen MR) is 108 cm³/mol. The average molecular weight is 413 g/mol. The van der Waals surface area contributed by atoms with Crippen molar-refractivity contribution in [1.82, 2.24) is 24.4 Å². The number of rotatable bonds is 8. The highest BCUT2D eigenvalue weighted by atomic mass is 33.1. The molecule has 9 nitrogen and oxygen atoms in total. The molecule has 3 heterocycles. The lowest BCUT2D eigenvalue weighted by Gasteiger charge is -2.20. The summed E-state index contributed by atoms with van der Waals surface area (Å²) in [6.07, 6.45) is 6.53. The molecule has 2 aromatic heterocycles. The van der Waals surface area contributed by atoms with E-state index in [9.17, 15) is 5.11 Å². The van der Waals surface area contributed by atoms with Crippen LogP contribution in [0.4, 0.5) is 5.82 Å². The monoisotopic (exact) mass is 412 g/mol. The second kappa shape index (κ2) is 9.20. The van der Waals surface area contributed by atoms with Crippen molar-refractivity contribution < 1.29 is 14.6 Å². The lowest BCUT2D eigenvalue weighted by Crippen LogP contribution is -2.29. The molecule has 4 atom stereocenters. The summed E-state index contributed by atoms with van der Waals surface area (Å²) in [5.41, 5.74) is 1.26. The van der Waals surface area contributed by atoms with E-state index in [0.717, 1.165) is 0 Å². The third-order valence-corrected chi connectivity index (χ3v) is 5.98. The molecule has 27 heavy (non-hydrogen) atoms. The van der Waals surface area contributed by atoms with E-state index < -0.39 is 0 Å². The molecule has 0 spiro atoms. The van der Waals surface area contributed by atoms with Crippen LogP contribution in [0.2, 0.25) is 0 Å². The molecule has 0 aliphatic carbocycles. The molecular weight excluding hydrogens is 388 g/mol. The summed E-state index contributed by atoms with van der Waals surface area (Å²) in [4.78, 5) is 19.1. The molecule has 11 heteroatoms. The standard InChI is InChI=1S/C16H24N6O3S2/c1-10(27-26-4)24-11-5-13(25-12(11)6-23)22-9-19-14-15(20-8-21(2)3)17-7-18-16(14)22/h7-13,23H,5-6H2,1-4H3/b20-8+/t10-,11+,12+,13+/m0/s1. The van der Waals surface area contributed by atoms with Crippen LogP contribution in [-0.2, 0) is 9.47 Å². The van der Waals surface area contributed by atoms with E-state index in [0.29, 0.717) is 23.4 Å². The molecule has 148 valence electrons. The highest BCUT2D eigenvalue weighted by molar-refractivity contribution is 8.76. The van der Waals surface area contributed by atoms with E-state index >= 15 is 0 Å². The molecular formula is C16H24N6O3S2. The average Bonchev–Trinajstić information content (AvgIpc) is 3.23. The molecule has 3 rings (SSSR count). The van der Waals surface area contributed by atoms with E-state index in [2.05, 4.69) is 19.9 Å². The molecule has 1 saturated heterocycles. The quantitative estimate of drug-likeness (QED) is 0.302. The van der Waals surface area contributed by atoms with Gasteiger partial charge >= 0.3 is 0 Å². The Morgan fingerprint density at radius 2 is 2.30 bits per heavy atom. The van der Waals surface area contributed by atoms with Gasteiger partial charge in [-0.3, -0.25) is 4.57 Å². The normalized spacial score (nSPS) is 24.1. The Balaban J connectivity index is 1.82. The third kappa shape index (κ3) is 4.72. The van der Waals surface area contributed by atoms with Gasteiger partial charge < -0.3 is 19.5 Å². The Morgan fingerprint density at radius 3 is 3.00 bits per heavy atom. The van der Waals surface area contributed by atoms with Gasteiger partial charge in [0.1, 0.15) is 24.1 Å². The molecule has 0 saturated carbocycles. The lowest BCUT2D eigenvalue weighted by molar-refractivity contribution is -0.0628. The summed E-state index contributed by atoms with van der Waals surface area (Å²) in [5, 5.41) is 9.68. The van der Waals surface area contributed by atoms with Crippen molar-refractivity contribution in [3.8, 4) is 0 Å². The second-order valence-corrected chi connectivity index (χ2v) is 9.05. The number of nitrogens with zero attached hydrogens (tertiary/aromatic N) is 6. The number of hydrogen-bond acceptors (Lipinski definition) is 9. The second-order valence-electron chi connectivity index (χ2n) is 6.28. The molecule has 0 radical (unpaired) electrons. The van der Waals surface area contributed by atoms with Gasteiger partial charge in [-0.1, -0.05) is 21.6 Å². The summed E-state index contributed by atoms with van der Waals surface area (Å²) in [7, 11) is 7.06. The van der Waals surface area contributed by atoms with Gasteiger partial charge in [0, 0.05) is 20.5 Å². The summed E-state index contributed by atoms with van der Waals surface area (Å²) >= 11 is 0. The SMILES string of the molecule is CSS[C@@H](C)O[C@@H]1C[C@H](n2cnc3c(/N=C/N(C)C)ncnc32)O[C@@H]1CO. The number of imidazole rings is 1. The van der Waals surface area contributed by atoms with Gasteiger partial charge in [0.25, 0.3) is 0 Å². The topological polar surface area (TPSA) is 97.9 Å². The zero-order chi connectivity index (χ0) is 19.4. The fourth-order valence-electron chi connectivity index (χ4n) is 2.90. The van der Waals surface area contributed by atoms with Gasteiger partial charge in [-0.05, 0) is 13.2 Å². The summed E-state index contributed by atoms with van der Waals surface area (Å²) < 4.78 is 13.9. The van der Waals surface area contributed by atoms with Crippen molar-refractivity contribution in [1.29, 1.82) is 0 Å². The van der Waals surface area contributed by atoms with Crippen LogP contribution in [-0.4, -0.2) is 80.5 Å². The molecule has 1 N–H and O–H groups in total. The van der Waals surface area contributed by atoms with E-state index in [-0.39, 0.29) is 30.5 Å². The van der Waals surface area contributed by atoms with Crippen molar-refractivity contribution in [3.63, 3.8) is 0 Å². The Bertz CT molecular complexity index is 787. The lowest BCUT2D eigenvalue weighted by atomic mass is 10.2. The van der Waals surface area contributed by atoms with Crippen molar-refractivity contribution in [2.75, 3.05) is 27.0 Å². The van der Waals surface area contributed by atoms with Crippen molar-refractivity contribution in [2.24, 2.45) is 4.99 Å². The molecule has 0 unspecified atom stereocenters. The molecule has 0 bridgehead atoms. The maximum Gasteiger partial charge on any atom is 0.184 e. The zero-order valence-corrected chi connectivity index (χ0v) is 17.4. The Kier molecular flexibility index (Phi) is 6.93. The highest BCUT2D eigenvalue weighted by Crippen LogP contribution is 2.36. The molecule has 1 fully saturated rings. The molecule has 1 aliphatic rings. The highest BCUT2D eigenvalue weighted by Gasteiger charge is 2.38. The minimum atomic E-state index is -0.384. The van der Waals surface area contributed by atoms with Gasteiger partial charge in [-0.25, -0.2) is 19.9 Å². The van der Waals surface area contributed by atoms with Gasteiger partial charge in [0.2, 0.25) is 0 Å². The molecule has 0 amide bonds. The largest absolute Gasteiger partial charge is 0.394 e. The zero-order valence-electron chi connectivity index (χ0n) is 15.7. The Hall–Kier alpha value is -1.40. The first kappa shape index (κ1) is 20.3. The fraction of sp³-hybridized carbons (Fsp3) is 0.625. The number of aliphatic imine (C=N–C) groups is 1. The predicted octanol–water partition coefficient (Wildman–Crippen LogP) is 2.07. The molecule has 1 aliphatic heterocycles. The van der Waals surface area contributed by atoms with Crippen LogP contribution in [0.3, 0.4) is 0 Å². The van der Waals surface area contributed by atoms with Crippen LogP contribution in [0.25, 0.3) is 11.2 Å². The van der Waals surface area contributed by atoms with Gasteiger partial charge in [0.05, 0.1) is 25.4 Å². The van der Waals surface area contributed by atoms with E-state index in [1.165, 1.54) is 6.33 Å². The summed E-state index contributed by atoms with van der Waals surface area (Å²) in [6, 6.07) is 0. The molecule has 2 aromatic rings. The summed E-state index contributed by atoms with van der Waals surface area (Å²) in [6.45, 7) is 1.90. The van der Waals surface area contributed by atoms with Crippen molar-refractivity contribution in [3.05, 3.63) is 12.7 Å². The van der Waals surface area contributed by atoms with Crippen LogP contribution < -0.4 is 0 Å². The third-order valence-electron chi connectivity index (χ3n) is 4.02. The minimum absolute atomic E-state index is 0.00947. The number of fused-ring (bicyclic) bond motifs is 1. The van der Waals surface area contributed by atoms with E-state index in [1.54, 1.807) is 34.3 Å². The van der Waals surface area contributed by atoms with Crippen LogP contribution >= 0.6 is 21.6 Å². The number of aliphatic hydroxyl groups is 1. The first-order chi connectivity index (χ1) is 13.0. The van der Waals surface area contributed by atoms with Gasteiger partial charge in [0.15, 0.2) is 17.0 Å². The number of ether oxygens (including phenoxy) is 2. The van der Waals surface area contributed by atoms with E-state index in [1.807, 2.05) is 36.7 Å². The molecule has 0 aromatic carbocycles. The van der Waals surface area contributed by atoms with Gasteiger partial charge in [-0.2, -0.15) is 0 Å². The minimum Gasteiger partial charge on any atom is -0.394 e. The fourth-order valence-corrected chi connectivity index (χ4v) is 4.31. The smallest absolute Gasteiger partial charge is 0.184 e. The van der Waals surface area contributed by atoms with Crippen LogP contribution in [0.5, 0.6) is 0 Å². The Labute approximate surface area is 166 Å². The maximum absolute atomic E-state index is 9.68. The Morgan fingerprint density at radius 1 is 1.48 bits per heavy atom. The number of hydrogen-bond donors (Lipinski definition) is 1. The first-order valence-electron chi connectivity index (χ1n) is 8.52. The van der Waals surface area contributed by atoms with Crippen LogP contribution in [0, 0.1) is 0 Å². The summed E-state index contributed by atoms with van der Waals surface area (Å²) in [5.74, 6) is 0.502. The van der Waals surface area contributed by atoms with Crippen LogP contribution in [0.15, 0.2) is 17.6 Å². The number of aliphatic hydroxyl groups excluding tert-OH is 1. The van der Waals surface area contributed by atoms with Crippen molar-refractivity contribution >= 4 is 44.9 Å². The van der Waals surface area contributed by atoms with Crippen molar-refractivity contribution in [2.45, 2.75) is 37.2 Å². The first-order valence-corrected chi connectivity index (χ1v) is 11.1. The number of aromatic nitrogens is 4. The van der Waals surface area contributed by atoms with Gasteiger partial charge in [-0.15, -0.1) is 0 Å². The van der Waals surface area contributed by atoms with E-state index in [4.69, 9.17) is 9.47 Å².